The number of carbonyl (C=O) groups is 1. The fourth-order valence-electron chi connectivity index (χ4n) is 4.80. The van der Waals surface area contributed by atoms with Gasteiger partial charge in [0.1, 0.15) is 6.10 Å². The Morgan fingerprint density at radius 2 is 1.02 bits per heavy atom. The van der Waals surface area contributed by atoms with Crippen LogP contribution in [0.1, 0.15) is 168 Å². The number of carbonyl (C=O) groups excluding carboxylic acids is 1. The van der Waals surface area contributed by atoms with E-state index in [9.17, 15) is 9.90 Å². The minimum absolute atomic E-state index is 0.174. The number of rotatable bonds is 32. The molecular formula is C37H68O4. The predicted octanol–water partition coefficient (Wildman–Crippen LogP) is 11.0. The van der Waals surface area contributed by atoms with E-state index in [2.05, 4.69) is 50.3 Å². The Morgan fingerprint density at radius 3 is 1.54 bits per heavy atom. The molecule has 0 saturated carbocycles. The second-order valence-corrected chi connectivity index (χ2v) is 11.6. The van der Waals surface area contributed by atoms with Crippen LogP contribution in [0, 0.1) is 0 Å². The number of ether oxygens (including phenoxy) is 2. The molecule has 0 rings (SSSR count). The summed E-state index contributed by atoms with van der Waals surface area (Å²) < 4.78 is 11.0. The topological polar surface area (TPSA) is 55.8 Å². The van der Waals surface area contributed by atoms with Crippen molar-refractivity contribution in [2.75, 3.05) is 19.8 Å². The summed E-state index contributed by atoms with van der Waals surface area (Å²) in [6, 6.07) is 0. The maximum atomic E-state index is 12.1. The van der Waals surface area contributed by atoms with Crippen molar-refractivity contribution in [3.05, 3.63) is 36.5 Å². The normalized spacial score (nSPS) is 12.8. The van der Waals surface area contributed by atoms with Gasteiger partial charge in [0.2, 0.25) is 0 Å². The Kier molecular flexibility index (Phi) is 33.6. The van der Waals surface area contributed by atoms with Crippen LogP contribution in [-0.2, 0) is 14.3 Å². The van der Waals surface area contributed by atoms with Crippen LogP contribution in [0.25, 0.3) is 0 Å². The molecular weight excluding hydrogens is 508 g/mol. The van der Waals surface area contributed by atoms with Crippen molar-refractivity contribution in [2.24, 2.45) is 0 Å². The second-order valence-electron chi connectivity index (χ2n) is 11.6. The van der Waals surface area contributed by atoms with Crippen LogP contribution < -0.4 is 0 Å². The quantitative estimate of drug-likeness (QED) is 0.0491. The molecule has 0 heterocycles. The van der Waals surface area contributed by atoms with Gasteiger partial charge >= 0.3 is 5.97 Å². The molecule has 0 aliphatic rings. The molecule has 1 unspecified atom stereocenters. The van der Waals surface area contributed by atoms with Crippen molar-refractivity contribution in [1.82, 2.24) is 0 Å². The summed E-state index contributed by atoms with van der Waals surface area (Å²) in [6.07, 6.45) is 41.9. The zero-order valence-corrected chi connectivity index (χ0v) is 27.3. The first-order valence-electron chi connectivity index (χ1n) is 17.6. The molecule has 0 bridgehead atoms. The van der Waals surface area contributed by atoms with Crippen molar-refractivity contribution in [3.8, 4) is 0 Å². The summed E-state index contributed by atoms with van der Waals surface area (Å²) in [7, 11) is 0. The molecule has 4 heteroatoms. The number of hydrogen-bond donors (Lipinski definition) is 1. The van der Waals surface area contributed by atoms with E-state index in [-0.39, 0.29) is 12.6 Å². The van der Waals surface area contributed by atoms with Gasteiger partial charge in [-0.05, 0) is 51.4 Å². The van der Waals surface area contributed by atoms with E-state index in [1.807, 2.05) is 0 Å². The Morgan fingerprint density at radius 1 is 0.585 bits per heavy atom. The molecule has 0 radical (unpaired) electrons. The highest BCUT2D eigenvalue weighted by Gasteiger charge is 2.13. The highest BCUT2D eigenvalue weighted by atomic mass is 16.6. The van der Waals surface area contributed by atoms with Gasteiger partial charge in [0.25, 0.3) is 0 Å². The van der Waals surface area contributed by atoms with E-state index in [0.29, 0.717) is 19.6 Å². The van der Waals surface area contributed by atoms with Crippen molar-refractivity contribution < 1.29 is 19.4 Å². The molecule has 0 spiro atoms. The summed E-state index contributed by atoms with van der Waals surface area (Å²) in [5, 5.41) is 9.47. The number of aliphatic hydroxyl groups is 1. The maximum Gasteiger partial charge on any atom is 0.306 e. The van der Waals surface area contributed by atoms with E-state index >= 15 is 0 Å². The van der Waals surface area contributed by atoms with E-state index in [4.69, 9.17) is 9.47 Å². The van der Waals surface area contributed by atoms with Crippen LogP contribution in [0.4, 0.5) is 0 Å². The monoisotopic (exact) mass is 577 g/mol. The van der Waals surface area contributed by atoms with Crippen molar-refractivity contribution >= 4 is 5.97 Å². The largest absolute Gasteiger partial charge is 0.457 e. The maximum absolute atomic E-state index is 12.1. The average molecular weight is 577 g/mol. The van der Waals surface area contributed by atoms with Crippen LogP contribution in [-0.4, -0.2) is 37.0 Å². The van der Waals surface area contributed by atoms with Crippen LogP contribution in [0.3, 0.4) is 0 Å². The molecule has 0 fully saturated rings. The van der Waals surface area contributed by atoms with Gasteiger partial charge in [0.15, 0.2) is 0 Å². The Labute approximate surface area is 255 Å². The number of esters is 1. The van der Waals surface area contributed by atoms with Crippen molar-refractivity contribution in [3.63, 3.8) is 0 Å². The molecule has 240 valence electrons. The van der Waals surface area contributed by atoms with Gasteiger partial charge in [0, 0.05) is 13.0 Å². The summed E-state index contributed by atoms with van der Waals surface area (Å²) in [4.78, 5) is 12.1. The van der Waals surface area contributed by atoms with E-state index in [0.717, 1.165) is 32.1 Å². The Balaban J connectivity index is 3.45. The molecule has 1 N–H and O–H groups in total. The lowest BCUT2D eigenvalue weighted by Crippen LogP contribution is -2.27. The number of aliphatic hydroxyl groups excluding tert-OH is 1. The van der Waals surface area contributed by atoms with Gasteiger partial charge in [-0.25, -0.2) is 0 Å². The van der Waals surface area contributed by atoms with Crippen LogP contribution >= 0.6 is 0 Å². The molecule has 0 aromatic carbocycles. The Bertz CT molecular complexity index is 610. The fraction of sp³-hybridized carbons (Fsp3) is 0.811. The van der Waals surface area contributed by atoms with Gasteiger partial charge in [0.05, 0.1) is 13.2 Å². The van der Waals surface area contributed by atoms with Gasteiger partial charge in [-0.3, -0.25) is 4.79 Å². The SMILES string of the molecule is CCCCCCC/C=C\C/C=C\C/C=C\CCCCCCCCCCC(=O)OC(CO)COCCCCCCCC. The summed E-state index contributed by atoms with van der Waals surface area (Å²) in [5.41, 5.74) is 0. The van der Waals surface area contributed by atoms with Crippen LogP contribution in [0.15, 0.2) is 36.5 Å². The summed E-state index contributed by atoms with van der Waals surface area (Å²) in [6.45, 7) is 5.28. The molecule has 0 amide bonds. The number of unbranched alkanes of at least 4 members (excludes halogenated alkanes) is 18. The lowest BCUT2D eigenvalue weighted by molar-refractivity contribution is -0.154. The highest BCUT2D eigenvalue weighted by Crippen LogP contribution is 2.12. The van der Waals surface area contributed by atoms with Gasteiger partial charge in [-0.15, -0.1) is 0 Å². The second kappa shape index (κ2) is 34.8. The van der Waals surface area contributed by atoms with Crippen LogP contribution in [0.2, 0.25) is 0 Å². The first kappa shape index (κ1) is 39.6. The van der Waals surface area contributed by atoms with E-state index < -0.39 is 6.10 Å². The third kappa shape index (κ3) is 33.0. The minimum Gasteiger partial charge on any atom is -0.457 e. The predicted molar refractivity (Wildman–Crippen MR) is 177 cm³/mol. The molecule has 0 aromatic rings. The molecule has 4 nitrogen and oxygen atoms in total. The standard InChI is InChI=1S/C37H68O4/c1-3-5-7-9-11-12-13-14-15-16-17-18-19-20-21-22-23-24-25-26-27-28-30-32-37(39)41-36(34-38)35-40-33-31-29-10-8-6-4-2/h13-14,16-17,19-20,36,38H,3-12,15,18,21-35H2,1-2H3/b14-13-,17-16-,20-19-. The minimum atomic E-state index is -0.532. The average Bonchev–Trinajstić information content (AvgIpc) is 2.98. The van der Waals surface area contributed by atoms with Crippen molar-refractivity contribution in [1.29, 1.82) is 0 Å². The fourth-order valence-corrected chi connectivity index (χ4v) is 4.80. The number of allylic oxidation sites excluding steroid dienone is 6. The van der Waals surface area contributed by atoms with Crippen LogP contribution in [0.5, 0.6) is 0 Å². The van der Waals surface area contributed by atoms with E-state index in [1.165, 1.54) is 116 Å². The first-order valence-corrected chi connectivity index (χ1v) is 17.6. The molecule has 0 aromatic heterocycles. The lowest BCUT2D eigenvalue weighted by atomic mass is 10.1. The molecule has 41 heavy (non-hydrogen) atoms. The van der Waals surface area contributed by atoms with Gasteiger partial charge in [-0.1, -0.05) is 147 Å². The molecule has 0 aliphatic heterocycles. The highest BCUT2D eigenvalue weighted by molar-refractivity contribution is 5.69. The summed E-state index contributed by atoms with van der Waals surface area (Å²) in [5.74, 6) is -0.212. The zero-order chi connectivity index (χ0) is 29.9. The first-order chi connectivity index (χ1) is 20.2. The molecule has 0 saturated heterocycles. The molecule has 0 aliphatic carbocycles. The number of hydrogen-bond acceptors (Lipinski definition) is 4. The lowest BCUT2D eigenvalue weighted by Gasteiger charge is -2.15. The summed E-state index contributed by atoms with van der Waals surface area (Å²) >= 11 is 0. The van der Waals surface area contributed by atoms with Crippen molar-refractivity contribution in [2.45, 2.75) is 174 Å². The molecule has 1 atom stereocenters. The van der Waals surface area contributed by atoms with E-state index in [1.54, 1.807) is 0 Å². The van der Waals surface area contributed by atoms with Gasteiger partial charge in [-0.2, -0.15) is 0 Å². The third-order valence-corrected chi connectivity index (χ3v) is 7.47. The zero-order valence-electron chi connectivity index (χ0n) is 27.3. The smallest absolute Gasteiger partial charge is 0.306 e. The third-order valence-electron chi connectivity index (χ3n) is 7.47. The van der Waals surface area contributed by atoms with Gasteiger partial charge < -0.3 is 14.6 Å². The Hall–Kier alpha value is -1.39.